The number of aliphatic hydroxyl groups is 1. The molecule has 0 aromatic heterocycles. The van der Waals surface area contributed by atoms with E-state index in [0.29, 0.717) is 6.61 Å². The van der Waals surface area contributed by atoms with Crippen LogP contribution in [0.15, 0.2) is 18.2 Å². The fourth-order valence-corrected chi connectivity index (χ4v) is 1.17. The zero-order valence-electron chi connectivity index (χ0n) is 9.08. The van der Waals surface area contributed by atoms with E-state index in [4.69, 9.17) is 9.84 Å². The molecule has 1 unspecified atom stereocenters. The monoisotopic (exact) mass is 194 g/mol. The van der Waals surface area contributed by atoms with Crippen LogP contribution in [0.1, 0.15) is 18.1 Å². The highest BCUT2D eigenvalue weighted by molar-refractivity contribution is 5.38. The smallest absolute Gasteiger partial charge is 0.122 e. The predicted molar refractivity (Wildman–Crippen MR) is 57.7 cm³/mol. The Balaban J connectivity index is 2.63. The summed E-state index contributed by atoms with van der Waals surface area (Å²) in [5.41, 5.74) is 2.41. The molecule has 0 amide bonds. The van der Waals surface area contributed by atoms with Gasteiger partial charge in [0.2, 0.25) is 0 Å². The van der Waals surface area contributed by atoms with Crippen LogP contribution in [0.5, 0.6) is 5.75 Å². The second kappa shape index (κ2) is 5.01. The van der Waals surface area contributed by atoms with Gasteiger partial charge in [-0.25, -0.2) is 0 Å². The highest BCUT2D eigenvalue weighted by atomic mass is 16.5. The average Bonchev–Trinajstić information content (AvgIpc) is 2.20. The Kier molecular flexibility index (Phi) is 3.96. The Labute approximate surface area is 85.5 Å². The quantitative estimate of drug-likeness (QED) is 0.797. The van der Waals surface area contributed by atoms with E-state index in [1.54, 1.807) is 0 Å². The lowest BCUT2D eigenvalue weighted by Crippen LogP contribution is -2.12. The minimum absolute atomic E-state index is 0.171. The number of benzene rings is 1. The number of rotatable bonds is 4. The molecule has 2 heteroatoms. The molecule has 1 N–H and O–H groups in total. The third kappa shape index (κ3) is 2.74. The molecule has 78 valence electrons. The van der Waals surface area contributed by atoms with Crippen LogP contribution in [-0.2, 0) is 0 Å². The van der Waals surface area contributed by atoms with Crippen molar-refractivity contribution in [3.63, 3.8) is 0 Å². The SMILES string of the molecule is Cc1cccc(OCC(C)CO)c1C. The molecule has 0 aliphatic heterocycles. The highest BCUT2D eigenvalue weighted by Gasteiger charge is 2.04. The molecule has 1 atom stereocenters. The van der Waals surface area contributed by atoms with Gasteiger partial charge >= 0.3 is 0 Å². The van der Waals surface area contributed by atoms with Crippen LogP contribution in [0.25, 0.3) is 0 Å². The Morgan fingerprint density at radius 3 is 2.71 bits per heavy atom. The number of ether oxygens (including phenoxy) is 1. The summed E-state index contributed by atoms with van der Waals surface area (Å²) >= 11 is 0. The van der Waals surface area contributed by atoms with E-state index >= 15 is 0 Å². The van der Waals surface area contributed by atoms with E-state index in [1.807, 2.05) is 26.0 Å². The zero-order valence-corrected chi connectivity index (χ0v) is 9.08. The summed E-state index contributed by atoms with van der Waals surface area (Å²) in [5, 5.41) is 8.86. The first-order chi connectivity index (χ1) is 6.65. The molecular formula is C12H18O2. The van der Waals surface area contributed by atoms with E-state index in [2.05, 4.69) is 13.0 Å². The number of hydrogen-bond acceptors (Lipinski definition) is 2. The lowest BCUT2D eigenvalue weighted by atomic mass is 10.1. The van der Waals surface area contributed by atoms with Gasteiger partial charge < -0.3 is 9.84 Å². The fraction of sp³-hybridized carbons (Fsp3) is 0.500. The fourth-order valence-electron chi connectivity index (χ4n) is 1.17. The molecule has 1 aromatic carbocycles. The Morgan fingerprint density at radius 1 is 1.36 bits per heavy atom. The van der Waals surface area contributed by atoms with Gasteiger partial charge in [-0.15, -0.1) is 0 Å². The first-order valence-electron chi connectivity index (χ1n) is 4.95. The molecule has 2 nitrogen and oxygen atoms in total. The van der Waals surface area contributed by atoms with Gasteiger partial charge in [0.15, 0.2) is 0 Å². The Bertz CT molecular complexity index is 294. The van der Waals surface area contributed by atoms with Crippen molar-refractivity contribution in [1.29, 1.82) is 0 Å². The maximum atomic E-state index is 8.86. The van der Waals surface area contributed by atoms with Gasteiger partial charge in [0.1, 0.15) is 5.75 Å². The summed E-state index contributed by atoms with van der Waals surface area (Å²) in [6.07, 6.45) is 0. The number of hydrogen-bond donors (Lipinski definition) is 1. The van der Waals surface area contributed by atoms with Crippen molar-refractivity contribution in [2.24, 2.45) is 5.92 Å². The molecule has 0 heterocycles. The van der Waals surface area contributed by atoms with Crippen molar-refractivity contribution in [3.05, 3.63) is 29.3 Å². The van der Waals surface area contributed by atoms with Crippen LogP contribution in [0.3, 0.4) is 0 Å². The second-order valence-corrected chi connectivity index (χ2v) is 3.80. The Hall–Kier alpha value is -1.02. The average molecular weight is 194 g/mol. The van der Waals surface area contributed by atoms with Gasteiger partial charge in [0.05, 0.1) is 6.61 Å². The largest absolute Gasteiger partial charge is 0.493 e. The van der Waals surface area contributed by atoms with E-state index in [0.717, 1.165) is 5.75 Å². The maximum absolute atomic E-state index is 8.86. The summed E-state index contributed by atoms with van der Waals surface area (Å²) in [6.45, 7) is 6.82. The zero-order chi connectivity index (χ0) is 10.6. The van der Waals surface area contributed by atoms with Crippen molar-refractivity contribution in [1.82, 2.24) is 0 Å². The normalized spacial score (nSPS) is 12.6. The van der Waals surface area contributed by atoms with E-state index < -0.39 is 0 Å². The number of aliphatic hydroxyl groups excluding tert-OH is 1. The van der Waals surface area contributed by atoms with Gasteiger partial charge in [-0.1, -0.05) is 19.1 Å². The molecule has 0 bridgehead atoms. The topological polar surface area (TPSA) is 29.5 Å². The molecule has 0 aliphatic carbocycles. The molecule has 1 aromatic rings. The van der Waals surface area contributed by atoms with Crippen LogP contribution < -0.4 is 4.74 Å². The molecule has 0 radical (unpaired) electrons. The lowest BCUT2D eigenvalue weighted by molar-refractivity contribution is 0.174. The van der Waals surface area contributed by atoms with Crippen molar-refractivity contribution in [2.75, 3.05) is 13.2 Å². The van der Waals surface area contributed by atoms with E-state index in [9.17, 15) is 0 Å². The molecule has 14 heavy (non-hydrogen) atoms. The summed E-state index contributed by atoms with van der Waals surface area (Å²) in [6, 6.07) is 6.02. The molecule has 0 saturated heterocycles. The van der Waals surface area contributed by atoms with E-state index in [1.165, 1.54) is 11.1 Å². The van der Waals surface area contributed by atoms with Crippen molar-refractivity contribution in [3.8, 4) is 5.75 Å². The second-order valence-electron chi connectivity index (χ2n) is 3.80. The minimum Gasteiger partial charge on any atom is -0.493 e. The summed E-state index contributed by atoms with van der Waals surface area (Å²) < 4.78 is 5.61. The summed E-state index contributed by atoms with van der Waals surface area (Å²) in [4.78, 5) is 0. The predicted octanol–water partition coefficient (Wildman–Crippen LogP) is 2.31. The number of aryl methyl sites for hydroxylation is 1. The van der Waals surface area contributed by atoms with Gasteiger partial charge in [-0.2, -0.15) is 0 Å². The van der Waals surface area contributed by atoms with Crippen LogP contribution in [0.4, 0.5) is 0 Å². The van der Waals surface area contributed by atoms with Crippen LogP contribution >= 0.6 is 0 Å². The van der Waals surface area contributed by atoms with Gasteiger partial charge in [-0.05, 0) is 31.0 Å². The van der Waals surface area contributed by atoms with Gasteiger partial charge in [0.25, 0.3) is 0 Å². The van der Waals surface area contributed by atoms with Crippen molar-refractivity contribution >= 4 is 0 Å². The Morgan fingerprint density at radius 2 is 2.07 bits per heavy atom. The minimum atomic E-state index is 0.171. The third-order valence-corrected chi connectivity index (χ3v) is 2.39. The van der Waals surface area contributed by atoms with Crippen molar-refractivity contribution in [2.45, 2.75) is 20.8 Å². The highest BCUT2D eigenvalue weighted by Crippen LogP contribution is 2.20. The first-order valence-corrected chi connectivity index (χ1v) is 4.95. The third-order valence-electron chi connectivity index (χ3n) is 2.39. The molecule has 0 saturated carbocycles. The molecular weight excluding hydrogens is 176 g/mol. The van der Waals surface area contributed by atoms with Gasteiger partial charge in [0, 0.05) is 12.5 Å². The van der Waals surface area contributed by atoms with E-state index in [-0.39, 0.29) is 12.5 Å². The standard InChI is InChI=1S/C12H18O2/c1-9(7-13)8-14-12-6-4-5-10(2)11(12)3/h4-6,9,13H,7-8H2,1-3H3. The first kappa shape index (κ1) is 11.1. The van der Waals surface area contributed by atoms with Crippen LogP contribution in [0, 0.1) is 19.8 Å². The summed E-state index contributed by atoms with van der Waals surface area (Å²) in [5.74, 6) is 1.11. The molecule has 0 fully saturated rings. The maximum Gasteiger partial charge on any atom is 0.122 e. The lowest BCUT2D eigenvalue weighted by Gasteiger charge is -2.13. The molecule has 1 rings (SSSR count). The molecule has 0 spiro atoms. The van der Waals surface area contributed by atoms with Crippen LogP contribution in [-0.4, -0.2) is 18.3 Å². The van der Waals surface area contributed by atoms with Gasteiger partial charge in [-0.3, -0.25) is 0 Å². The van der Waals surface area contributed by atoms with Crippen molar-refractivity contribution < 1.29 is 9.84 Å². The molecule has 0 aliphatic rings. The summed E-state index contributed by atoms with van der Waals surface area (Å²) in [7, 11) is 0. The van der Waals surface area contributed by atoms with Crippen LogP contribution in [0.2, 0.25) is 0 Å².